The summed E-state index contributed by atoms with van der Waals surface area (Å²) in [5.74, 6) is -0.662. The number of sulfonamides is 1. The number of ether oxygens (including phenoxy) is 2. The van der Waals surface area contributed by atoms with Crippen molar-refractivity contribution >= 4 is 38.9 Å². The average molecular weight is 432 g/mol. The summed E-state index contributed by atoms with van der Waals surface area (Å²) in [6.07, 6.45) is 5.37. The lowest BCUT2D eigenvalue weighted by Crippen LogP contribution is -2.40. The van der Waals surface area contributed by atoms with Crippen LogP contribution in [0.2, 0.25) is 5.02 Å². The number of rotatable bonds is 6. The van der Waals surface area contributed by atoms with Crippen molar-refractivity contribution in [1.82, 2.24) is 14.7 Å². The largest absolute Gasteiger partial charge is 0.465 e. The number of nitrogens with one attached hydrogen (secondary N) is 1. The Hall–Kier alpha value is -1.75. The summed E-state index contributed by atoms with van der Waals surface area (Å²) in [6.45, 7) is 0. The van der Waals surface area contributed by atoms with E-state index in [1.807, 2.05) is 0 Å². The van der Waals surface area contributed by atoms with Crippen LogP contribution in [0.1, 0.15) is 35.4 Å². The summed E-state index contributed by atoms with van der Waals surface area (Å²) in [5, 5.41) is 1.98. The fraction of sp³-hybridized carbons (Fsp3) is 0.438. The molecule has 1 N–H and O–H groups in total. The van der Waals surface area contributed by atoms with E-state index in [4.69, 9.17) is 16.3 Å². The molecule has 0 aliphatic heterocycles. The summed E-state index contributed by atoms with van der Waals surface area (Å²) >= 11 is 6.78. The Labute approximate surface area is 165 Å². The third-order valence-corrected chi connectivity index (χ3v) is 6.94. The number of hydrogen-bond donors (Lipinski definition) is 1. The first-order valence-corrected chi connectivity index (χ1v) is 11.0. The van der Waals surface area contributed by atoms with Gasteiger partial charge in [0.15, 0.2) is 0 Å². The molecule has 0 unspecified atom stereocenters. The van der Waals surface area contributed by atoms with Gasteiger partial charge in [0.2, 0.25) is 10.0 Å². The second-order valence-electron chi connectivity index (χ2n) is 6.00. The number of aromatic nitrogens is 2. The van der Waals surface area contributed by atoms with Crippen molar-refractivity contribution in [2.24, 2.45) is 0 Å². The van der Waals surface area contributed by atoms with Crippen LogP contribution in [0, 0.1) is 0 Å². The highest BCUT2D eigenvalue weighted by molar-refractivity contribution is 7.89. The van der Waals surface area contributed by atoms with Gasteiger partial charge in [0.25, 0.3) is 0 Å². The molecule has 0 radical (unpaired) electrons. The highest BCUT2D eigenvalue weighted by Crippen LogP contribution is 2.26. The van der Waals surface area contributed by atoms with E-state index in [0.717, 1.165) is 11.3 Å². The molecule has 0 aromatic carbocycles. The number of carbonyl (C=O) groups excluding carboxylic acids is 1. The van der Waals surface area contributed by atoms with Gasteiger partial charge in [-0.3, -0.25) is 0 Å². The Morgan fingerprint density at radius 2 is 1.93 bits per heavy atom. The maximum Gasteiger partial charge on any atom is 0.349 e. The van der Waals surface area contributed by atoms with E-state index in [1.54, 1.807) is 5.38 Å². The van der Waals surface area contributed by atoms with Crippen molar-refractivity contribution in [3.63, 3.8) is 0 Å². The SMILES string of the molecule is COC(=O)c1sccc1S(=O)(=O)NC1CCC(Oc2ncc(Cl)cn2)CC1. The molecule has 2 heterocycles. The van der Waals surface area contributed by atoms with Crippen LogP contribution in [0.25, 0.3) is 0 Å². The number of nitrogens with zero attached hydrogens (tertiary/aromatic N) is 2. The second-order valence-corrected chi connectivity index (χ2v) is 9.04. The van der Waals surface area contributed by atoms with Crippen LogP contribution in [0.5, 0.6) is 6.01 Å². The smallest absolute Gasteiger partial charge is 0.349 e. The van der Waals surface area contributed by atoms with E-state index in [1.165, 1.54) is 25.6 Å². The van der Waals surface area contributed by atoms with E-state index in [0.29, 0.717) is 30.7 Å². The van der Waals surface area contributed by atoms with Gasteiger partial charge < -0.3 is 9.47 Å². The van der Waals surface area contributed by atoms with Gasteiger partial charge in [-0.1, -0.05) is 11.6 Å². The summed E-state index contributed by atoms with van der Waals surface area (Å²) in [5.41, 5.74) is 0. The van der Waals surface area contributed by atoms with Gasteiger partial charge in [-0.15, -0.1) is 11.3 Å². The summed E-state index contributed by atoms with van der Waals surface area (Å²) in [6, 6.07) is 1.43. The van der Waals surface area contributed by atoms with Gasteiger partial charge in [-0.05, 0) is 37.1 Å². The summed E-state index contributed by atoms with van der Waals surface area (Å²) < 4.78 is 38.3. The van der Waals surface area contributed by atoms with Crippen molar-refractivity contribution < 1.29 is 22.7 Å². The first kappa shape index (κ1) is 20.0. The number of thiophene rings is 1. The Balaban J connectivity index is 1.58. The van der Waals surface area contributed by atoms with Gasteiger partial charge in [0.05, 0.1) is 24.5 Å². The standard InChI is InChI=1S/C16H18ClN3O5S2/c1-24-15(21)14-13(6-7-26-14)27(22,23)20-11-2-4-12(5-3-11)25-16-18-8-10(17)9-19-16/h6-9,11-12,20H,2-5H2,1H3. The van der Waals surface area contributed by atoms with Crippen molar-refractivity contribution in [1.29, 1.82) is 0 Å². The number of carbonyl (C=O) groups is 1. The molecule has 1 saturated carbocycles. The van der Waals surface area contributed by atoms with Gasteiger partial charge in [0.1, 0.15) is 15.9 Å². The van der Waals surface area contributed by atoms with Gasteiger partial charge in [0, 0.05) is 6.04 Å². The van der Waals surface area contributed by atoms with Crippen LogP contribution < -0.4 is 9.46 Å². The van der Waals surface area contributed by atoms with Crippen LogP contribution in [-0.2, 0) is 14.8 Å². The lowest BCUT2D eigenvalue weighted by atomic mass is 9.94. The monoisotopic (exact) mass is 431 g/mol. The molecule has 27 heavy (non-hydrogen) atoms. The topological polar surface area (TPSA) is 107 Å². The van der Waals surface area contributed by atoms with E-state index < -0.39 is 16.0 Å². The van der Waals surface area contributed by atoms with Crippen LogP contribution in [0.4, 0.5) is 0 Å². The van der Waals surface area contributed by atoms with Crippen LogP contribution in [0.3, 0.4) is 0 Å². The molecule has 0 saturated heterocycles. The molecule has 2 aromatic rings. The average Bonchev–Trinajstić information content (AvgIpc) is 3.15. The molecule has 0 atom stereocenters. The zero-order chi connectivity index (χ0) is 19.4. The molecule has 0 spiro atoms. The zero-order valence-corrected chi connectivity index (χ0v) is 16.8. The van der Waals surface area contributed by atoms with Crippen LogP contribution in [0.15, 0.2) is 28.7 Å². The Morgan fingerprint density at radius 1 is 1.26 bits per heavy atom. The number of methoxy groups -OCH3 is 1. The first-order chi connectivity index (χ1) is 12.9. The maximum atomic E-state index is 12.6. The van der Waals surface area contributed by atoms with Crippen molar-refractivity contribution in [2.45, 2.75) is 42.7 Å². The molecular formula is C16H18ClN3O5S2. The first-order valence-electron chi connectivity index (χ1n) is 8.21. The third kappa shape index (κ3) is 4.95. The zero-order valence-electron chi connectivity index (χ0n) is 14.4. The molecule has 11 heteroatoms. The molecule has 3 rings (SSSR count). The van der Waals surface area contributed by atoms with Crippen molar-refractivity contribution in [3.8, 4) is 6.01 Å². The van der Waals surface area contributed by atoms with Crippen molar-refractivity contribution in [2.75, 3.05) is 7.11 Å². The second kappa shape index (κ2) is 8.51. The van der Waals surface area contributed by atoms with Gasteiger partial charge >= 0.3 is 12.0 Å². The van der Waals surface area contributed by atoms with Gasteiger partial charge in [-0.2, -0.15) is 0 Å². The highest BCUT2D eigenvalue weighted by Gasteiger charge is 2.30. The molecule has 1 aliphatic rings. The molecule has 1 fully saturated rings. The summed E-state index contributed by atoms with van der Waals surface area (Å²) in [4.78, 5) is 19.8. The molecule has 8 nitrogen and oxygen atoms in total. The number of hydrogen-bond acceptors (Lipinski definition) is 8. The molecule has 146 valence electrons. The minimum atomic E-state index is -3.80. The lowest BCUT2D eigenvalue weighted by molar-refractivity contribution is 0.0602. The van der Waals surface area contributed by atoms with E-state index in [-0.39, 0.29) is 27.9 Å². The highest BCUT2D eigenvalue weighted by atomic mass is 35.5. The maximum absolute atomic E-state index is 12.6. The fourth-order valence-corrected chi connectivity index (χ4v) is 5.58. The Kier molecular flexibility index (Phi) is 6.30. The number of halogens is 1. The van der Waals surface area contributed by atoms with Crippen LogP contribution in [-0.4, -0.2) is 43.6 Å². The van der Waals surface area contributed by atoms with E-state index >= 15 is 0 Å². The normalized spacial score (nSPS) is 20.2. The molecule has 0 amide bonds. The molecular weight excluding hydrogens is 414 g/mol. The molecule has 1 aliphatic carbocycles. The molecule has 2 aromatic heterocycles. The minimum absolute atomic E-state index is 0.0488. The minimum Gasteiger partial charge on any atom is -0.465 e. The predicted molar refractivity (Wildman–Crippen MR) is 99.7 cm³/mol. The fourth-order valence-electron chi connectivity index (χ4n) is 2.84. The van der Waals surface area contributed by atoms with Gasteiger partial charge in [-0.25, -0.2) is 27.9 Å². The van der Waals surface area contributed by atoms with E-state index in [9.17, 15) is 13.2 Å². The number of esters is 1. The third-order valence-electron chi connectivity index (χ3n) is 4.15. The quantitative estimate of drug-likeness (QED) is 0.700. The van der Waals surface area contributed by atoms with Crippen LogP contribution >= 0.6 is 22.9 Å². The Morgan fingerprint density at radius 3 is 2.56 bits per heavy atom. The Bertz CT molecular complexity index is 893. The van der Waals surface area contributed by atoms with E-state index in [2.05, 4.69) is 19.4 Å². The van der Waals surface area contributed by atoms with Crippen molar-refractivity contribution in [3.05, 3.63) is 33.7 Å². The lowest BCUT2D eigenvalue weighted by Gasteiger charge is -2.28. The summed E-state index contributed by atoms with van der Waals surface area (Å²) in [7, 11) is -2.58. The molecule has 0 bridgehead atoms. The predicted octanol–water partition coefficient (Wildman–Crippen LogP) is 2.65.